The fourth-order valence-corrected chi connectivity index (χ4v) is 3.05. The minimum Gasteiger partial charge on any atom is -0.504 e. The van der Waals surface area contributed by atoms with Gasteiger partial charge in [-0.25, -0.2) is 0 Å². The first-order valence-electron chi connectivity index (χ1n) is 8.75. The Bertz CT molecular complexity index is 926. The van der Waals surface area contributed by atoms with Crippen LogP contribution < -0.4 is 0 Å². The van der Waals surface area contributed by atoms with E-state index in [9.17, 15) is 25.5 Å². The highest BCUT2D eigenvalue weighted by Gasteiger charge is 2.08. The molecule has 5 N–H and O–H groups in total. The lowest BCUT2D eigenvalue weighted by atomic mass is 9.99. The SMILES string of the molecule is Oc1ccc(CCc2cccc(CCc3cc(O)c(O)c(O)c3)c2)cc1O. The lowest BCUT2D eigenvalue weighted by Gasteiger charge is -2.08. The molecule has 0 unspecified atom stereocenters. The molecule has 0 bridgehead atoms. The van der Waals surface area contributed by atoms with Crippen LogP contribution >= 0.6 is 0 Å². The molecule has 3 aromatic carbocycles. The fourth-order valence-electron chi connectivity index (χ4n) is 3.05. The van der Waals surface area contributed by atoms with Gasteiger partial charge in [-0.3, -0.25) is 0 Å². The summed E-state index contributed by atoms with van der Waals surface area (Å²) in [6.45, 7) is 0. The van der Waals surface area contributed by atoms with Crippen molar-refractivity contribution >= 4 is 0 Å². The molecule has 0 aliphatic heterocycles. The topological polar surface area (TPSA) is 101 Å². The van der Waals surface area contributed by atoms with Gasteiger partial charge in [-0.1, -0.05) is 30.3 Å². The summed E-state index contributed by atoms with van der Waals surface area (Å²) >= 11 is 0. The van der Waals surface area contributed by atoms with E-state index in [4.69, 9.17) is 0 Å². The first kappa shape index (κ1) is 18.5. The molecule has 0 fully saturated rings. The van der Waals surface area contributed by atoms with Gasteiger partial charge in [0, 0.05) is 0 Å². The molecule has 0 radical (unpaired) electrons. The zero-order chi connectivity index (χ0) is 19.4. The molecule has 0 saturated heterocycles. The Morgan fingerprint density at radius 3 is 1.48 bits per heavy atom. The summed E-state index contributed by atoms with van der Waals surface area (Å²) in [5.74, 6) is -1.37. The van der Waals surface area contributed by atoms with E-state index >= 15 is 0 Å². The average molecular weight is 366 g/mol. The molecule has 0 aliphatic carbocycles. The molecular weight excluding hydrogens is 344 g/mol. The summed E-state index contributed by atoms with van der Waals surface area (Å²) in [6.07, 6.45) is 2.91. The van der Waals surface area contributed by atoms with Gasteiger partial charge in [0.25, 0.3) is 0 Å². The zero-order valence-corrected chi connectivity index (χ0v) is 14.8. The molecular formula is C22H22O5. The van der Waals surface area contributed by atoms with E-state index < -0.39 is 5.75 Å². The fraction of sp³-hybridized carbons (Fsp3) is 0.182. The predicted molar refractivity (Wildman–Crippen MR) is 102 cm³/mol. The Labute approximate surface area is 157 Å². The molecule has 0 aromatic heterocycles. The van der Waals surface area contributed by atoms with Crippen molar-refractivity contribution in [1.29, 1.82) is 0 Å². The van der Waals surface area contributed by atoms with Crippen LogP contribution in [0.2, 0.25) is 0 Å². The standard InChI is InChI=1S/C22H22O5/c23-18-9-8-16(11-19(18)24)5-4-14-2-1-3-15(10-14)6-7-17-12-20(25)22(27)21(26)13-17/h1-3,8-13,23-27H,4-7H2. The lowest BCUT2D eigenvalue weighted by Crippen LogP contribution is -1.95. The predicted octanol–water partition coefficient (Wildman–Crippen LogP) is 3.79. The van der Waals surface area contributed by atoms with Gasteiger partial charge in [0.05, 0.1) is 0 Å². The van der Waals surface area contributed by atoms with Gasteiger partial charge in [-0.15, -0.1) is 0 Å². The van der Waals surface area contributed by atoms with Gasteiger partial charge in [0.2, 0.25) is 0 Å². The Morgan fingerprint density at radius 2 is 0.926 bits per heavy atom. The maximum atomic E-state index is 9.59. The van der Waals surface area contributed by atoms with Crippen molar-refractivity contribution in [2.45, 2.75) is 25.7 Å². The van der Waals surface area contributed by atoms with E-state index in [1.54, 1.807) is 12.1 Å². The van der Waals surface area contributed by atoms with Crippen LogP contribution in [0, 0.1) is 0 Å². The van der Waals surface area contributed by atoms with Crippen LogP contribution in [0.4, 0.5) is 0 Å². The third-order valence-corrected chi connectivity index (χ3v) is 4.57. The minimum atomic E-state index is -0.499. The number of rotatable bonds is 6. The second-order valence-corrected chi connectivity index (χ2v) is 6.63. The normalized spacial score (nSPS) is 10.8. The molecule has 140 valence electrons. The minimum absolute atomic E-state index is 0.110. The van der Waals surface area contributed by atoms with Crippen molar-refractivity contribution in [2.75, 3.05) is 0 Å². The Hall–Kier alpha value is -3.34. The number of phenols is 5. The van der Waals surface area contributed by atoms with Gasteiger partial charge >= 0.3 is 0 Å². The lowest BCUT2D eigenvalue weighted by molar-refractivity contribution is 0.367. The summed E-state index contributed by atoms with van der Waals surface area (Å²) in [7, 11) is 0. The van der Waals surface area contributed by atoms with E-state index in [1.165, 1.54) is 18.2 Å². The van der Waals surface area contributed by atoms with E-state index in [0.717, 1.165) is 41.5 Å². The van der Waals surface area contributed by atoms with Crippen LogP contribution in [-0.4, -0.2) is 25.5 Å². The first-order valence-corrected chi connectivity index (χ1v) is 8.75. The number of phenolic OH excluding ortho intramolecular Hbond substituents is 5. The van der Waals surface area contributed by atoms with Crippen molar-refractivity contribution in [3.63, 3.8) is 0 Å². The third kappa shape index (κ3) is 4.64. The van der Waals surface area contributed by atoms with E-state index in [0.29, 0.717) is 6.42 Å². The van der Waals surface area contributed by atoms with Crippen molar-refractivity contribution < 1.29 is 25.5 Å². The molecule has 0 saturated carbocycles. The summed E-state index contributed by atoms with van der Waals surface area (Å²) in [5.41, 5.74) is 3.99. The molecule has 0 heterocycles. The second-order valence-electron chi connectivity index (χ2n) is 6.63. The molecule has 3 aromatic rings. The molecule has 0 spiro atoms. The van der Waals surface area contributed by atoms with Crippen LogP contribution in [-0.2, 0) is 25.7 Å². The van der Waals surface area contributed by atoms with Gasteiger partial charge in [0.15, 0.2) is 28.7 Å². The first-order chi connectivity index (χ1) is 12.9. The largest absolute Gasteiger partial charge is 0.504 e. The smallest absolute Gasteiger partial charge is 0.200 e. The van der Waals surface area contributed by atoms with Gasteiger partial charge < -0.3 is 25.5 Å². The molecule has 0 amide bonds. The Morgan fingerprint density at radius 1 is 0.444 bits per heavy atom. The van der Waals surface area contributed by atoms with Crippen molar-refractivity contribution in [3.8, 4) is 28.7 Å². The number of hydrogen-bond acceptors (Lipinski definition) is 5. The van der Waals surface area contributed by atoms with Gasteiger partial charge in [0.1, 0.15) is 0 Å². The molecule has 3 rings (SSSR count). The molecule has 5 nitrogen and oxygen atoms in total. The van der Waals surface area contributed by atoms with Crippen LogP contribution in [0.25, 0.3) is 0 Å². The quantitative estimate of drug-likeness (QED) is 0.427. The third-order valence-electron chi connectivity index (χ3n) is 4.57. The maximum Gasteiger partial charge on any atom is 0.200 e. The maximum absolute atomic E-state index is 9.59. The average Bonchev–Trinajstić information content (AvgIpc) is 2.65. The van der Waals surface area contributed by atoms with Crippen LogP contribution in [0.5, 0.6) is 28.7 Å². The zero-order valence-electron chi connectivity index (χ0n) is 14.8. The van der Waals surface area contributed by atoms with Crippen LogP contribution in [0.15, 0.2) is 54.6 Å². The van der Waals surface area contributed by atoms with E-state index in [-0.39, 0.29) is 23.0 Å². The molecule has 27 heavy (non-hydrogen) atoms. The Kier molecular flexibility index (Phi) is 5.41. The summed E-state index contributed by atoms with van der Waals surface area (Å²) in [6, 6.07) is 15.9. The number of hydrogen-bond donors (Lipinski definition) is 5. The van der Waals surface area contributed by atoms with Gasteiger partial charge in [-0.2, -0.15) is 0 Å². The molecule has 0 atom stereocenters. The highest BCUT2D eigenvalue weighted by atomic mass is 16.3. The van der Waals surface area contributed by atoms with E-state index in [1.807, 2.05) is 18.2 Å². The number of benzene rings is 3. The van der Waals surface area contributed by atoms with Crippen molar-refractivity contribution in [1.82, 2.24) is 0 Å². The highest BCUT2D eigenvalue weighted by molar-refractivity contribution is 5.51. The van der Waals surface area contributed by atoms with Crippen molar-refractivity contribution in [3.05, 3.63) is 76.9 Å². The van der Waals surface area contributed by atoms with Crippen LogP contribution in [0.3, 0.4) is 0 Å². The van der Waals surface area contributed by atoms with Crippen LogP contribution in [0.1, 0.15) is 22.3 Å². The second kappa shape index (κ2) is 7.91. The summed E-state index contributed by atoms with van der Waals surface area (Å²) in [5, 5.41) is 47.5. The molecule has 0 aliphatic rings. The highest BCUT2D eigenvalue weighted by Crippen LogP contribution is 2.35. The van der Waals surface area contributed by atoms with Crippen molar-refractivity contribution in [2.24, 2.45) is 0 Å². The monoisotopic (exact) mass is 366 g/mol. The molecule has 5 heteroatoms. The summed E-state index contributed by atoms with van der Waals surface area (Å²) < 4.78 is 0. The Balaban J connectivity index is 1.62. The number of aromatic hydroxyl groups is 5. The number of aryl methyl sites for hydroxylation is 4. The summed E-state index contributed by atoms with van der Waals surface area (Å²) in [4.78, 5) is 0. The van der Waals surface area contributed by atoms with E-state index in [2.05, 4.69) is 6.07 Å². The van der Waals surface area contributed by atoms with Gasteiger partial charge in [-0.05, 0) is 72.2 Å².